The van der Waals surface area contributed by atoms with E-state index in [1.807, 2.05) is 18.2 Å². The van der Waals surface area contributed by atoms with E-state index in [0.717, 1.165) is 12.5 Å². The van der Waals surface area contributed by atoms with Crippen LogP contribution in [0, 0.1) is 5.92 Å². The lowest BCUT2D eigenvalue weighted by Crippen LogP contribution is -2.36. The van der Waals surface area contributed by atoms with Crippen molar-refractivity contribution < 1.29 is 0 Å². The number of thiocarbonyl (C=S) groups is 1. The van der Waals surface area contributed by atoms with Crippen LogP contribution in [-0.2, 0) is 0 Å². The summed E-state index contributed by atoms with van der Waals surface area (Å²) >= 11 is 5.22. The lowest BCUT2D eigenvalue weighted by Gasteiger charge is -2.32. The normalized spacial score (nSPS) is 17.4. The summed E-state index contributed by atoms with van der Waals surface area (Å²) in [6.07, 6.45) is 4.16. The van der Waals surface area contributed by atoms with Gasteiger partial charge in [0.25, 0.3) is 0 Å². The van der Waals surface area contributed by atoms with Gasteiger partial charge in [-0.1, -0.05) is 49.0 Å². The first-order valence-corrected chi connectivity index (χ1v) is 7.10. The molecule has 0 saturated heterocycles. The van der Waals surface area contributed by atoms with Crippen LogP contribution in [0.2, 0.25) is 0 Å². The minimum Gasteiger partial charge on any atom is -0.393 e. The van der Waals surface area contributed by atoms with Gasteiger partial charge in [0, 0.05) is 19.0 Å². The van der Waals surface area contributed by atoms with Crippen molar-refractivity contribution in [2.45, 2.75) is 25.2 Å². The van der Waals surface area contributed by atoms with Gasteiger partial charge in [0.2, 0.25) is 0 Å². The molecule has 0 aromatic heterocycles. The molecule has 98 valence electrons. The largest absolute Gasteiger partial charge is 0.393 e. The third kappa shape index (κ3) is 3.53. The molecule has 0 spiro atoms. The van der Waals surface area contributed by atoms with Crippen molar-refractivity contribution in [1.82, 2.24) is 4.90 Å². The van der Waals surface area contributed by atoms with Crippen molar-refractivity contribution in [2.24, 2.45) is 11.7 Å². The number of likely N-dealkylation sites (N-methyl/N-ethyl adjacent to an activating group) is 1. The van der Waals surface area contributed by atoms with Gasteiger partial charge >= 0.3 is 0 Å². The van der Waals surface area contributed by atoms with Crippen molar-refractivity contribution >= 4 is 17.2 Å². The van der Waals surface area contributed by atoms with Gasteiger partial charge in [-0.05, 0) is 31.4 Å². The van der Waals surface area contributed by atoms with Gasteiger partial charge in [-0.3, -0.25) is 0 Å². The summed E-state index contributed by atoms with van der Waals surface area (Å²) in [4.78, 5) is 2.97. The van der Waals surface area contributed by atoms with Crippen molar-refractivity contribution in [3.63, 3.8) is 0 Å². The van der Waals surface area contributed by atoms with E-state index < -0.39 is 0 Å². The number of benzene rings is 1. The maximum atomic E-state index is 5.90. The molecule has 2 nitrogen and oxygen atoms in total. The fourth-order valence-electron chi connectivity index (χ4n) is 2.55. The predicted molar refractivity (Wildman–Crippen MR) is 80.8 cm³/mol. The first kappa shape index (κ1) is 13.5. The van der Waals surface area contributed by atoms with Gasteiger partial charge in [-0.15, -0.1) is 0 Å². The van der Waals surface area contributed by atoms with Gasteiger partial charge in [0.15, 0.2) is 0 Å². The molecular formula is C15H22N2S. The van der Waals surface area contributed by atoms with E-state index in [9.17, 15) is 0 Å². The molecule has 1 aliphatic carbocycles. The summed E-state index contributed by atoms with van der Waals surface area (Å²) in [6, 6.07) is 10.3. The maximum absolute atomic E-state index is 5.90. The summed E-state index contributed by atoms with van der Waals surface area (Å²) in [7, 11) is 2.17. The zero-order valence-corrected chi connectivity index (χ0v) is 11.8. The standard InChI is InChI=1S/C15H22N2S/c1-17(10-12-6-5-7-12)11-14(15(16)18)13-8-3-2-4-9-13/h2-4,8-9,12,14H,5-7,10-11H2,1H3,(H2,16,18). The molecule has 2 N–H and O–H groups in total. The van der Waals surface area contributed by atoms with Crippen LogP contribution in [0.1, 0.15) is 30.7 Å². The number of rotatable bonds is 6. The van der Waals surface area contributed by atoms with Crippen LogP contribution >= 0.6 is 12.2 Å². The average molecular weight is 262 g/mol. The second kappa shape index (κ2) is 6.30. The van der Waals surface area contributed by atoms with Gasteiger partial charge in [-0.25, -0.2) is 0 Å². The van der Waals surface area contributed by atoms with Crippen LogP contribution < -0.4 is 5.73 Å². The third-order valence-electron chi connectivity index (χ3n) is 3.83. The quantitative estimate of drug-likeness (QED) is 0.799. The Morgan fingerprint density at radius 3 is 2.56 bits per heavy atom. The number of hydrogen-bond donors (Lipinski definition) is 1. The van der Waals surface area contributed by atoms with Crippen LogP contribution in [0.3, 0.4) is 0 Å². The average Bonchev–Trinajstić information content (AvgIpc) is 2.31. The molecule has 3 heteroatoms. The minimum atomic E-state index is 0.172. The van der Waals surface area contributed by atoms with Crippen LogP contribution in [-0.4, -0.2) is 30.0 Å². The predicted octanol–water partition coefficient (Wildman–Crippen LogP) is 2.79. The summed E-state index contributed by atoms with van der Waals surface area (Å²) in [6.45, 7) is 2.10. The van der Waals surface area contributed by atoms with Crippen LogP contribution in [0.4, 0.5) is 0 Å². The van der Waals surface area contributed by atoms with Crippen LogP contribution in [0.25, 0.3) is 0 Å². The monoisotopic (exact) mass is 262 g/mol. The number of nitrogens with two attached hydrogens (primary N) is 1. The van der Waals surface area contributed by atoms with E-state index in [1.54, 1.807) is 0 Å². The number of nitrogens with zero attached hydrogens (tertiary/aromatic N) is 1. The fourth-order valence-corrected chi connectivity index (χ4v) is 2.76. The summed E-state index contributed by atoms with van der Waals surface area (Å²) < 4.78 is 0. The Hall–Kier alpha value is -0.930. The molecule has 0 aliphatic heterocycles. The third-order valence-corrected chi connectivity index (χ3v) is 4.12. The molecule has 2 rings (SSSR count). The van der Waals surface area contributed by atoms with E-state index in [-0.39, 0.29) is 5.92 Å². The topological polar surface area (TPSA) is 29.3 Å². The number of hydrogen-bond acceptors (Lipinski definition) is 2. The molecule has 1 aliphatic rings. The molecule has 1 aromatic carbocycles. The highest BCUT2D eigenvalue weighted by Gasteiger charge is 2.22. The Morgan fingerprint density at radius 1 is 1.39 bits per heavy atom. The molecule has 1 atom stereocenters. The first-order chi connectivity index (χ1) is 8.66. The summed E-state index contributed by atoms with van der Waals surface area (Å²) in [5, 5.41) is 0. The maximum Gasteiger partial charge on any atom is 0.0816 e. The van der Waals surface area contributed by atoms with E-state index in [0.29, 0.717) is 4.99 Å². The second-order valence-electron chi connectivity index (χ2n) is 5.38. The first-order valence-electron chi connectivity index (χ1n) is 6.69. The molecule has 18 heavy (non-hydrogen) atoms. The lowest BCUT2D eigenvalue weighted by atomic mass is 9.85. The highest BCUT2D eigenvalue weighted by atomic mass is 32.1. The van der Waals surface area contributed by atoms with Crippen molar-refractivity contribution in [3.05, 3.63) is 35.9 Å². The van der Waals surface area contributed by atoms with Crippen LogP contribution in [0.15, 0.2) is 30.3 Å². The lowest BCUT2D eigenvalue weighted by molar-refractivity contribution is 0.204. The van der Waals surface area contributed by atoms with Gasteiger partial charge in [0.1, 0.15) is 0 Å². The minimum absolute atomic E-state index is 0.172. The van der Waals surface area contributed by atoms with Crippen molar-refractivity contribution in [1.29, 1.82) is 0 Å². The Morgan fingerprint density at radius 2 is 2.06 bits per heavy atom. The molecule has 0 bridgehead atoms. The smallest absolute Gasteiger partial charge is 0.0816 e. The molecule has 0 amide bonds. The van der Waals surface area contributed by atoms with Crippen molar-refractivity contribution in [3.8, 4) is 0 Å². The van der Waals surface area contributed by atoms with Gasteiger partial charge in [0.05, 0.1) is 4.99 Å². The Labute approximate surface area is 115 Å². The Bertz CT molecular complexity index is 387. The van der Waals surface area contributed by atoms with E-state index >= 15 is 0 Å². The van der Waals surface area contributed by atoms with Crippen LogP contribution in [0.5, 0.6) is 0 Å². The molecule has 1 saturated carbocycles. The highest BCUT2D eigenvalue weighted by molar-refractivity contribution is 7.80. The van der Waals surface area contributed by atoms with E-state index in [2.05, 4.69) is 24.1 Å². The summed E-state index contributed by atoms with van der Waals surface area (Å²) in [5.74, 6) is 1.06. The zero-order chi connectivity index (χ0) is 13.0. The Kier molecular flexibility index (Phi) is 4.72. The Balaban J connectivity index is 1.95. The molecular weight excluding hydrogens is 240 g/mol. The van der Waals surface area contributed by atoms with E-state index in [1.165, 1.54) is 31.4 Å². The molecule has 1 fully saturated rings. The van der Waals surface area contributed by atoms with Crippen molar-refractivity contribution in [2.75, 3.05) is 20.1 Å². The molecule has 0 radical (unpaired) electrons. The van der Waals surface area contributed by atoms with E-state index in [4.69, 9.17) is 18.0 Å². The fraction of sp³-hybridized carbons (Fsp3) is 0.533. The molecule has 0 heterocycles. The zero-order valence-electron chi connectivity index (χ0n) is 11.0. The molecule has 1 unspecified atom stereocenters. The SMILES string of the molecule is CN(CC1CCC1)CC(C(N)=S)c1ccccc1. The molecule has 1 aromatic rings. The highest BCUT2D eigenvalue weighted by Crippen LogP contribution is 2.27. The second-order valence-corrected chi connectivity index (χ2v) is 5.86. The summed E-state index contributed by atoms with van der Waals surface area (Å²) in [5.41, 5.74) is 7.13. The van der Waals surface area contributed by atoms with Gasteiger partial charge < -0.3 is 10.6 Å². The van der Waals surface area contributed by atoms with Gasteiger partial charge in [-0.2, -0.15) is 0 Å².